The van der Waals surface area contributed by atoms with Crippen molar-refractivity contribution in [3.8, 4) is 0 Å². The summed E-state index contributed by atoms with van der Waals surface area (Å²) in [6.07, 6.45) is 17.2. The first-order chi connectivity index (χ1) is 14.6. The van der Waals surface area contributed by atoms with E-state index in [1.54, 1.807) is 0 Å². The Labute approximate surface area is 194 Å². The van der Waals surface area contributed by atoms with Gasteiger partial charge in [0.1, 0.15) is 0 Å². The fourth-order valence-corrected chi connectivity index (χ4v) is 10.3. The average Bonchev–Trinajstić information content (AvgIpc) is 3.04. The van der Waals surface area contributed by atoms with E-state index in [4.69, 9.17) is 4.74 Å². The van der Waals surface area contributed by atoms with Crippen LogP contribution in [0.2, 0.25) is 0 Å². The SMILES string of the molecule is COC1CCC2(C)C3CCC4(C)C(C(C)CCC=C(C)C)CCC4C3CCC2C1(C)C. The maximum atomic E-state index is 6.01. The molecule has 4 rings (SSSR count). The summed E-state index contributed by atoms with van der Waals surface area (Å²) in [5.41, 5.74) is 2.95. The van der Waals surface area contributed by atoms with E-state index < -0.39 is 0 Å². The van der Waals surface area contributed by atoms with Crippen molar-refractivity contribution in [2.24, 2.45) is 51.8 Å². The Morgan fingerprint density at radius 2 is 1.58 bits per heavy atom. The molecule has 0 radical (unpaired) electrons. The van der Waals surface area contributed by atoms with Crippen LogP contribution < -0.4 is 0 Å². The van der Waals surface area contributed by atoms with Gasteiger partial charge in [-0.05, 0) is 130 Å². The summed E-state index contributed by atoms with van der Waals surface area (Å²) in [6, 6.07) is 0. The van der Waals surface area contributed by atoms with Gasteiger partial charge in [-0.25, -0.2) is 0 Å². The topological polar surface area (TPSA) is 9.23 Å². The fraction of sp³-hybridized carbons (Fsp3) is 0.933. The number of methoxy groups -OCH3 is 1. The van der Waals surface area contributed by atoms with Crippen molar-refractivity contribution >= 4 is 0 Å². The van der Waals surface area contributed by atoms with E-state index in [1.165, 1.54) is 69.8 Å². The highest BCUT2D eigenvalue weighted by Crippen LogP contribution is 2.70. The minimum absolute atomic E-state index is 0.325. The highest BCUT2D eigenvalue weighted by atomic mass is 16.5. The van der Waals surface area contributed by atoms with Crippen LogP contribution in [0, 0.1) is 51.8 Å². The molecule has 4 aliphatic rings. The predicted molar refractivity (Wildman–Crippen MR) is 133 cm³/mol. The summed E-state index contributed by atoms with van der Waals surface area (Å²) >= 11 is 0. The summed E-state index contributed by atoms with van der Waals surface area (Å²) in [5, 5.41) is 0. The highest BCUT2D eigenvalue weighted by molar-refractivity contribution is 5.12. The van der Waals surface area contributed by atoms with Gasteiger partial charge in [0.05, 0.1) is 6.10 Å². The van der Waals surface area contributed by atoms with Gasteiger partial charge in [0.25, 0.3) is 0 Å². The second-order valence-electron chi connectivity index (χ2n) is 13.7. The third-order valence-electron chi connectivity index (χ3n) is 11.8. The zero-order valence-electron chi connectivity index (χ0n) is 22.1. The van der Waals surface area contributed by atoms with Crippen LogP contribution >= 0.6 is 0 Å². The van der Waals surface area contributed by atoms with Crippen molar-refractivity contribution in [2.75, 3.05) is 7.11 Å². The largest absolute Gasteiger partial charge is 0.381 e. The van der Waals surface area contributed by atoms with Crippen molar-refractivity contribution < 1.29 is 4.74 Å². The van der Waals surface area contributed by atoms with Crippen LogP contribution in [0.5, 0.6) is 0 Å². The predicted octanol–water partition coefficient (Wildman–Crippen LogP) is 8.68. The third-order valence-corrected chi connectivity index (χ3v) is 11.8. The Morgan fingerprint density at radius 3 is 2.26 bits per heavy atom. The Bertz CT molecular complexity index is 672. The van der Waals surface area contributed by atoms with E-state index in [2.05, 4.69) is 54.5 Å². The number of ether oxygens (including phenoxy) is 1. The summed E-state index contributed by atoms with van der Waals surface area (Å²) in [4.78, 5) is 0. The van der Waals surface area contributed by atoms with Gasteiger partial charge in [-0.3, -0.25) is 0 Å². The van der Waals surface area contributed by atoms with E-state index in [9.17, 15) is 0 Å². The first-order valence-corrected chi connectivity index (χ1v) is 13.7. The van der Waals surface area contributed by atoms with Gasteiger partial charge in [-0.2, -0.15) is 0 Å². The zero-order chi connectivity index (χ0) is 22.6. The second-order valence-corrected chi connectivity index (χ2v) is 13.7. The molecule has 31 heavy (non-hydrogen) atoms. The quantitative estimate of drug-likeness (QED) is 0.398. The van der Waals surface area contributed by atoms with Crippen molar-refractivity contribution in [3.63, 3.8) is 0 Å². The third kappa shape index (κ3) is 3.77. The molecule has 9 unspecified atom stereocenters. The standard InChI is InChI=1S/C30H52O/c1-20(2)10-9-11-21(3)23-13-14-24-22-12-15-26-28(4,5)27(31-8)17-19-30(26,7)25(22)16-18-29(23,24)6/h10,21-27H,9,11-19H2,1-8H3. The van der Waals surface area contributed by atoms with Gasteiger partial charge in [-0.15, -0.1) is 0 Å². The summed E-state index contributed by atoms with van der Waals surface area (Å²) < 4.78 is 6.01. The minimum atomic E-state index is 0.325. The molecule has 0 bridgehead atoms. The fourth-order valence-electron chi connectivity index (χ4n) is 10.3. The molecule has 4 fully saturated rings. The lowest BCUT2D eigenvalue weighted by Gasteiger charge is -2.65. The molecule has 4 aliphatic carbocycles. The summed E-state index contributed by atoms with van der Waals surface area (Å²) in [7, 11) is 1.95. The molecule has 0 heterocycles. The van der Waals surface area contributed by atoms with Crippen molar-refractivity contribution in [3.05, 3.63) is 11.6 Å². The van der Waals surface area contributed by atoms with Crippen molar-refractivity contribution in [1.29, 1.82) is 0 Å². The molecule has 0 amide bonds. The average molecular weight is 429 g/mol. The number of rotatable bonds is 5. The molecule has 0 spiro atoms. The van der Waals surface area contributed by atoms with E-state index in [0.29, 0.717) is 22.3 Å². The van der Waals surface area contributed by atoms with Crippen LogP contribution in [0.3, 0.4) is 0 Å². The van der Waals surface area contributed by atoms with Crippen molar-refractivity contribution in [1.82, 2.24) is 0 Å². The van der Waals surface area contributed by atoms with E-state index in [1.807, 2.05) is 7.11 Å². The smallest absolute Gasteiger partial charge is 0.0625 e. The Hall–Kier alpha value is -0.300. The normalized spacial score (nSPS) is 47.1. The minimum Gasteiger partial charge on any atom is -0.381 e. The molecular formula is C30H52O. The number of hydrogen-bond acceptors (Lipinski definition) is 1. The second kappa shape index (κ2) is 8.48. The van der Waals surface area contributed by atoms with Crippen LogP contribution in [-0.2, 0) is 4.74 Å². The molecule has 0 N–H and O–H groups in total. The first-order valence-electron chi connectivity index (χ1n) is 13.7. The van der Waals surface area contributed by atoms with Gasteiger partial charge in [0.15, 0.2) is 0 Å². The lowest BCUT2D eigenvalue weighted by Crippen LogP contribution is -2.59. The lowest BCUT2D eigenvalue weighted by atomic mass is 9.41. The zero-order valence-corrected chi connectivity index (χ0v) is 22.1. The van der Waals surface area contributed by atoms with Crippen LogP contribution in [-0.4, -0.2) is 13.2 Å². The maximum Gasteiger partial charge on any atom is 0.0625 e. The molecule has 0 aromatic heterocycles. The maximum absolute atomic E-state index is 6.01. The van der Waals surface area contributed by atoms with E-state index in [-0.39, 0.29) is 0 Å². The molecule has 0 aromatic rings. The van der Waals surface area contributed by atoms with Gasteiger partial charge in [0.2, 0.25) is 0 Å². The molecule has 178 valence electrons. The molecule has 1 nitrogen and oxygen atoms in total. The highest BCUT2D eigenvalue weighted by Gasteiger charge is 2.63. The summed E-state index contributed by atoms with van der Waals surface area (Å²) in [6.45, 7) is 17.6. The van der Waals surface area contributed by atoms with Gasteiger partial charge < -0.3 is 4.74 Å². The van der Waals surface area contributed by atoms with Crippen LogP contribution in [0.1, 0.15) is 113 Å². The molecular weight excluding hydrogens is 376 g/mol. The Balaban J connectivity index is 1.52. The number of hydrogen-bond donors (Lipinski definition) is 0. The molecule has 9 atom stereocenters. The van der Waals surface area contributed by atoms with Gasteiger partial charge >= 0.3 is 0 Å². The summed E-state index contributed by atoms with van der Waals surface area (Å²) in [5.74, 6) is 5.61. The number of fused-ring (bicyclic) bond motifs is 5. The van der Waals surface area contributed by atoms with E-state index in [0.717, 1.165) is 35.5 Å². The molecule has 4 saturated carbocycles. The van der Waals surface area contributed by atoms with Crippen LogP contribution in [0.4, 0.5) is 0 Å². The number of allylic oxidation sites excluding steroid dienone is 2. The van der Waals surface area contributed by atoms with Crippen LogP contribution in [0.25, 0.3) is 0 Å². The van der Waals surface area contributed by atoms with Gasteiger partial charge in [-0.1, -0.05) is 46.3 Å². The van der Waals surface area contributed by atoms with Gasteiger partial charge in [0, 0.05) is 7.11 Å². The Kier molecular flexibility index (Phi) is 6.53. The molecule has 0 saturated heterocycles. The van der Waals surface area contributed by atoms with Crippen molar-refractivity contribution in [2.45, 2.75) is 119 Å². The molecule has 1 heteroatoms. The first kappa shape index (κ1) is 23.8. The Morgan fingerprint density at radius 1 is 0.903 bits per heavy atom. The molecule has 0 aliphatic heterocycles. The van der Waals surface area contributed by atoms with E-state index >= 15 is 0 Å². The van der Waals surface area contributed by atoms with Crippen LogP contribution in [0.15, 0.2) is 11.6 Å². The monoisotopic (exact) mass is 428 g/mol. The molecule has 0 aromatic carbocycles. The lowest BCUT2D eigenvalue weighted by molar-refractivity contribution is -0.185.